The van der Waals surface area contributed by atoms with Gasteiger partial charge in [0, 0.05) is 5.41 Å². The number of likely N-dealkylation sites (tertiary alicyclic amines) is 1. The zero-order valence-electron chi connectivity index (χ0n) is 16.6. The zero-order valence-corrected chi connectivity index (χ0v) is 16.6. The third-order valence-electron chi connectivity index (χ3n) is 6.07. The van der Waals surface area contributed by atoms with E-state index in [0.29, 0.717) is 5.92 Å². The van der Waals surface area contributed by atoms with E-state index in [9.17, 15) is 4.79 Å². The number of rotatable bonds is 13. The van der Waals surface area contributed by atoms with Crippen LogP contribution < -0.4 is 5.73 Å². The molecule has 1 amide bonds. The summed E-state index contributed by atoms with van der Waals surface area (Å²) in [6, 6.07) is 0. The Morgan fingerprint density at radius 3 is 1.83 bits per heavy atom. The van der Waals surface area contributed by atoms with Crippen molar-refractivity contribution in [1.82, 2.24) is 4.90 Å². The molecule has 0 aromatic carbocycles. The lowest BCUT2D eigenvalue weighted by Crippen LogP contribution is -2.44. The minimum absolute atomic E-state index is 0.143. The molecule has 1 rings (SSSR count). The molecule has 2 N–H and O–H groups in total. The van der Waals surface area contributed by atoms with Crippen molar-refractivity contribution in [3.8, 4) is 0 Å². The van der Waals surface area contributed by atoms with Gasteiger partial charge in [0.1, 0.15) is 0 Å². The number of hydrogen-bond acceptors (Lipinski definition) is 2. The number of hydrogen-bond donors (Lipinski definition) is 1. The molecule has 0 spiro atoms. The zero-order chi connectivity index (χ0) is 17.8. The Hall–Kier alpha value is -0.570. The molecule has 0 radical (unpaired) electrons. The Labute approximate surface area is 150 Å². The topological polar surface area (TPSA) is 46.3 Å². The van der Waals surface area contributed by atoms with Crippen LogP contribution in [-0.4, -0.2) is 30.4 Å². The Bertz CT molecular complexity index is 333. The Morgan fingerprint density at radius 2 is 1.38 bits per heavy atom. The minimum Gasteiger partial charge on any atom is -0.369 e. The molecule has 1 heterocycles. The van der Waals surface area contributed by atoms with Crippen LogP contribution in [0.5, 0.6) is 0 Å². The van der Waals surface area contributed by atoms with E-state index in [2.05, 4.69) is 11.8 Å². The van der Waals surface area contributed by atoms with E-state index >= 15 is 0 Å². The molecule has 1 aliphatic heterocycles. The van der Waals surface area contributed by atoms with Crippen LogP contribution in [0.1, 0.15) is 97.8 Å². The summed E-state index contributed by atoms with van der Waals surface area (Å²) in [6.07, 6.45) is 16.2. The summed E-state index contributed by atoms with van der Waals surface area (Å²) < 4.78 is 0. The van der Waals surface area contributed by atoms with Gasteiger partial charge >= 0.3 is 0 Å². The monoisotopic (exact) mass is 338 g/mol. The first-order chi connectivity index (χ1) is 11.5. The Kier molecular flexibility index (Phi) is 10.6. The number of carbonyl (C=O) groups is 1. The number of piperidine rings is 1. The molecule has 0 aromatic rings. The number of amides is 1. The van der Waals surface area contributed by atoms with Gasteiger partial charge in [0.05, 0.1) is 0 Å². The van der Waals surface area contributed by atoms with Gasteiger partial charge in [0.25, 0.3) is 0 Å². The van der Waals surface area contributed by atoms with Crippen LogP contribution >= 0.6 is 0 Å². The molecule has 0 aliphatic carbocycles. The molecular weight excluding hydrogens is 296 g/mol. The highest BCUT2D eigenvalue weighted by Crippen LogP contribution is 2.34. The highest BCUT2D eigenvalue weighted by atomic mass is 16.1. The van der Waals surface area contributed by atoms with Crippen molar-refractivity contribution >= 4 is 5.91 Å². The Balaban J connectivity index is 1.98. The largest absolute Gasteiger partial charge is 0.369 e. The number of primary amides is 1. The third kappa shape index (κ3) is 8.00. The van der Waals surface area contributed by atoms with Crippen molar-refractivity contribution in [2.24, 2.45) is 17.1 Å². The molecule has 3 heteroatoms. The van der Waals surface area contributed by atoms with Crippen LogP contribution in [0.3, 0.4) is 0 Å². The van der Waals surface area contributed by atoms with Gasteiger partial charge in [0.15, 0.2) is 0 Å². The molecular formula is C21H42N2O. The fourth-order valence-electron chi connectivity index (χ4n) is 3.90. The summed E-state index contributed by atoms with van der Waals surface area (Å²) in [4.78, 5) is 14.2. The smallest absolute Gasteiger partial charge is 0.223 e. The molecule has 0 unspecified atom stereocenters. The molecule has 1 saturated heterocycles. The van der Waals surface area contributed by atoms with Gasteiger partial charge in [-0.15, -0.1) is 0 Å². The average molecular weight is 339 g/mol. The van der Waals surface area contributed by atoms with Crippen LogP contribution in [0, 0.1) is 11.3 Å². The van der Waals surface area contributed by atoms with Crippen LogP contribution in [-0.2, 0) is 4.79 Å². The van der Waals surface area contributed by atoms with Crippen molar-refractivity contribution in [2.75, 3.05) is 19.6 Å². The number of nitrogens with zero attached hydrogens (tertiary/aromatic N) is 1. The number of unbranched alkanes of at least 4 members (excludes halogenated alkanes) is 9. The standard InChI is InChI=1S/C21H42N2O/c1-4-5-6-7-8-9-10-11-12-13-16-23-17-14-19(15-18-23)21(2,3)20(22)24/h19H,4-18H2,1-3H3,(H2,22,24). The van der Waals surface area contributed by atoms with Crippen molar-refractivity contribution in [3.05, 3.63) is 0 Å². The predicted octanol–water partition coefficient (Wildman–Crippen LogP) is 5.13. The highest BCUT2D eigenvalue weighted by Gasteiger charge is 2.36. The third-order valence-corrected chi connectivity index (χ3v) is 6.07. The van der Waals surface area contributed by atoms with Crippen molar-refractivity contribution < 1.29 is 4.79 Å². The lowest BCUT2D eigenvalue weighted by atomic mass is 9.73. The molecule has 0 aromatic heterocycles. The normalized spacial score (nSPS) is 17.3. The van der Waals surface area contributed by atoms with Crippen LogP contribution in [0.4, 0.5) is 0 Å². The number of nitrogens with two attached hydrogens (primary N) is 1. The maximum atomic E-state index is 11.6. The predicted molar refractivity (Wildman–Crippen MR) is 104 cm³/mol. The van der Waals surface area contributed by atoms with Crippen molar-refractivity contribution in [2.45, 2.75) is 97.8 Å². The fraction of sp³-hybridized carbons (Fsp3) is 0.952. The summed E-state index contributed by atoms with van der Waals surface area (Å²) in [5.41, 5.74) is 5.21. The summed E-state index contributed by atoms with van der Waals surface area (Å²) in [7, 11) is 0. The second-order valence-electron chi connectivity index (χ2n) is 8.38. The highest BCUT2D eigenvalue weighted by molar-refractivity contribution is 5.80. The maximum absolute atomic E-state index is 11.6. The van der Waals surface area contributed by atoms with Crippen LogP contribution in [0.25, 0.3) is 0 Å². The lowest BCUT2D eigenvalue weighted by molar-refractivity contribution is -0.129. The first-order valence-electron chi connectivity index (χ1n) is 10.5. The molecule has 1 fully saturated rings. The van der Waals surface area contributed by atoms with Gasteiger partial charge in [0.2, 0.25) is 5.91 Å². The van der Waals surface area contributed by atoms with Gasteiger partial charge in [-0.25, -0.2) is 0 Å². The molecule has 0 bridgehead atoms. The van der Waals surface area contributed by atoms with E-state index in [-0.39, 0.29) is 11.3 Å². The molecule has 3 nitrogen and oxygen atoms in total. The van der Waals surface area contributed by atoms with Crippen molar-refractivity contribution in [3.63, 3.8) is 0 Å². The second kappa shape index (κ2) is 11.9. The van der Waals surface area contributed by atoms with E-state index < -0.39 is 0 Å². The summed E-state index contributed by atoms with van der Waals surface area (Å²) >= 11 is 0. The van der Waals surface area contributed by atoms with E-state index in [0.717, 1.165) is 25.9 Å². The minimum atomic E-state index is -0.344. The van der Waals surface area contributed by atoms with Gasteiger partial charge in [-0.05, 0) is 44.8 Å². The molecule has 24 heavy (non-hydrogen) atoms. The summed E-state index contributed by atoms with van der Waals surface area (Å²) in [6.45, 7) is 9.81. The average Bonchev–Trinajstić information content (AvgIpc) is 2.57. The van der Waals surface area contributed by atoms with Crippen LogP contribution in [0.2, 0.25) is 0 Å². The van der Waals surface area contributed by atoms with Gasteiger partial charge in [-0.3, -0.25) is 4.79 Å². The fourth-order valence-corrected chi connectivity index (χ4v) is 3.90. The SMILES string of the molecule is CCCCCCCCCCCCN1CCC(C(C)(C)C(N)=O)CC1. The van der Waals surface area contributed by atoms with E-state index in [1.54, 1.807) is 0 Å². The van der Waals surface area contributed by atoms with Gasteiger partial charge in [-0.2, -0.15) is 0 Å². The molecule has 0 atom stereocenters. The summed E-state index contributed by atoms with van der Waals surface area (Å²) in [5, 5.41) is 0. The van der Waals surface area contributed by atoms with Crippen LogP contribution in [0.15, 0.2) is 0 Å². The molecule has 1 aliphatic rings. The van der Waals surface area contributed by atoms with E-state index in [4.69, 9.17) is 5.73 Å². The number of carbonyl (C=O) groups excluding carboxylic acids is 1. The summed E-state index contributed by atoms with van der Waals surface area (Å²) in [5.74, 6) is 0.314. The van der Waals surface area contributed by atoms with E-state index in [1.807, 2.05) is 13.8 Å². The first-order valence-corrected chi connectivity index (χ1v) is 10.5. The maximum Gasteiger partial charge on any atom is 0.223 e. The molecule has 142 valence electrons. The lowest BCUT2D eigenvalue weighted by Gasteiger charge is -2.39. The van der Waals surface area contributed by atoms with E-state index in [1.165, 1.54) is 70.8 Å². The Morgan fingerprint density at radius 1 is 0.917 bits per heavy atom. The van der Waals surface area contributed by atoms with Crippen molar-refractivity contribution in [1.29, 1.82) is 0 Å². The van der Waals surface area contributed by atoms with Gasteiger partial charge in [-0.1, -0.05) is 78.6 Å². The molecule has 0 saturated carbocycles. The second-order valence-corrected chi connectivity index (χ2v) is 8.38. The quantitative estimate of drug-likeness (QED) is 0.473. The first kappa shape index (κ1) is 21.5. The van der Waals surface area contributed by atoms with Gasteiger partial charge < -0.3 is 10.6 Å².